The number of aryl methyl sites for hydroxylation is 1. The minimum atomic E-state index is -0.674. The monoisotopic (exact) mass is 196 g/mol. The van der Waals surface area contributed by atoms with E-state index in [1.54, 1.807) is 4.68 Å². The summed E-state index contributed by atoms with van der Waals surface area (Å²) in [5, 5.41) is 4.26. The number of amides is 1. The fraction of sp³-hybridized carbons (Fsp3) is 0.556. The topological polar surface area (TPSA) is 86.9 Å². The van der Waals surface area contributed by atoms with E-state index < -0.39 is 11.9 Å². The first-order chi connectivity index (χ1) is 6.43. The summed E-state index contributed by atoms with van der Waals surface area (Å²) in [4.78, 5) is 10.8. The van der Waals surface area contributed by atoms with Crippen molar-refractivity contribution in [2.45, 2.75) is 33.4 Å². The highest BCUT2D eigenvalue weighted by Crippen LogP contribution is 2.10. The summed E-state index contributed by atoms with van der Waals surface area (Å²) < 4.78 is 1.72. The van der Waals surface area contributed by atoms with Crippen LogP contribution in [0.25, 0.3) is 0 Å². The van der Waals surface area contributed by atoms with Crippen LogP contribution < -0.4 is 11.5 Å². The van der Waals surface area contributed by atoms with E-state index in [0.717, 1.165) is 17.0 Å². The third-order valence-corrected chi connectivity index (χ3v) is 2.48. The van der Waals surface area contributed by atoms with Crippen LogP contribution in [0.3, 0.4) is 0 Å². The second-order valence-corrected chi connectivity index (χ2v) is 3.49. The first-order valence-corrected chi connectivity index (χ1v) is 4.49. The van der Waals surface area contributed by atoms with E-state index in [4.69, 9.17) is 11.5 Å². The molecule has 1 amide bonds. The highest BCUT2D eigenvalue weighted by molar-refractivity contribution is 5.79. The van der Waals surface area contributed by atoms with Gasteiger partial charge in [-0.2, -0.15) is 5.10 Å². The Morgan fingerprint density at radius 1 is 1.50 bits per heavy atom. The third kappa shape index (κ3) is 1.93. The van der Waals surface area contributed by atoms with Crippen molar-refractivity contribution >= 4 is 5.91 Å². The predicted octanol–water partition coefficient (Wildman–Crippen LogP) is -0.379. The maximum atomic E-state index is 10.8. The molecule has 1 unspecified atom stereocenters. The lowest BCUT2D eigenvalue weighted by molar-refractivity contribution is -0.119. The Kier molecular flexibility index (Phi) is 2.90. The molecule has 78 valence electrons. The van der Waals surface area contributed by atoms with Gasteiger partial charge in [0.15, 0.2) is 0 Å². The van der Waals surface area contributed by atoms with Crippen LogP contribution in [-0.4, -0.2) is 21.7 Å². The van der Waals surface area contributed by atoms with Crippen molar-refractivity contribution in [3.05, 3.63) is 17.0 Å². The largest absolute Gasteiger partial charge is 0.368 e. The zero-order chi connectivity index (χ0) is 10.9. The molecule has 0 fully saturated rings. The number of hydrogen-bond acceptors (Lipinski definition) is 3. The second-order valence-electron chi connectivity index (χ2n) is 3.49. The van der Waals surface area contributed by atoms with E-state index in [2.05, 4.69) is 5.10 Å². The van der Waals surface area contributed by atoms with Crippen molar-refractivity contribution in [1.29, 1.82) is 0 Å². The number of rotatable bonds is 3. The van der Waals surface area contributed by atoms with Gasteiger partial charge in [0, 0.05) is 5.69 Å². The van der Waals surface area contributed by atoms with E-state index in [0.29, 0.717) is 6.54 Å². The molecule has 0 saturated heterocycles. The van der Waals surface area contributed by atoms with Gasteiger partial charge in [0.1, 0.15) is 6.04 Å². The smallest absolute Gasteiger partial charge is 0.236 e. The lowest BCUT2D eigenvalue weighted by atomic mass is 10.2. The van der Waals surface area contributed by atoms with Gasteiger partial charge in [-0.1, -0.05) is 0 Å². The molecular formula is C9H16N4O. The van der Waals surface area contributed by atoms with Gasteiger partial charge >= 0.3 is 0 Å². The Labute approximate surface area is 83.1 Å². The molecule has 5 heteroatoms. The molecule has 0 saturated carbocycles. The van der Waals surface area contributed by atoms with Crippen LogP contribution in [0.2, 0.25) is 0 Å². The van der Waals surface area contributed by atoms with Crippen LogP contribution in [0, 0.1) is 20.8 Å². The molecule has 0 radical (unpaired) electrons. The highest BCUT2D eigenvalue weighted by Gasteiger charge is 2.13. The summed E-state index contributed by atoms with van der Waals surface area (Å²) >= 11 is 0. The lowest BCUT2D eigenvalue weighted by Gasteiger charge is -2.09. The highest BCUT2D eigenvalue weighted by atomic mass is 16.1. The average Bonchev–Trinajstić information content (AvgIpc) is 2.33. The van der Waals surface area contributed by atoms with Gasteiger partial charge in [0.25, 0.3) is 0 Å². The number of nitrogens with two attached hydrogens (primary N) is 2. The third-order valence-electron chi connectivity index (χ3n) is 2.48. The normalized spacial score (nSPS) is 12.9. The van der Waals surface area contributed by atoms with Crippen LogP contribution in [-0.2, 0) is 11.3 Å². The van der Waals surface area contributed by atoms with Crippen molar-refractivity contribution in [3.8, 4) is 0 Å². The SMILES string of the molecule is Cc1nn(CC(N)C(N)=O)c(C)c1C. The molecule has 4 N–H and O–H groups in total. The maximum absolute atomic E-state index is 10.8. The average molecular weight is 196 g/mol. The summed E-state index contributed by atoms with van der Waals surface area (Å²) in [6.07, 6.45) is 0. The molecule has 1 heterocycles. The quantitative estimate of drug-likeness (QED) is 0.691. The molecule has 0 aromatic carbocycles. The van der Waals surface area contributed by atoms with Crippen molar-refractivity contribution in [1.82, 2.24) is 9.78 Å². The van der Waals surface area contributed by atoms with Gasteiger partial charge < -0.3 is 11.5 Å². The number of carbonyl (C=O) groups excluding carboxylic acids is 1. The van der Waals surface area contributed by atoms with E-state index in [-0.39, 0.29) is 0 Å². The van der Waals surface area contributed by atoms with E-state index in [9.17, 15) is 4.79 Å². The predicted molar refractivity (Wildman–Crippen MR) is 53.6 cm³/mol. The van der Waals surface area contributed by atoms with Crippen molar-refractivity contribution in [3.63, 3.8) is 0 Å². The molecular weight excluding hydrogens is 180 g/mol. The Morgan fingerprint density at radius 3 is 2.43 bits per heavy atom. The van der Waals surface area contributed by atoms with E-state index in [1.165, 1.54) is 0 Å². The van der Waals surface area contributed by atoms with Gasteiger partial charge in [0.2, 0.25) is 5.91 Å². The summed E-state index contributed by atoms with van der Waals surface area (Å²) in [6, 6.07) is -0.674. The number of nitrogens with zero attached hydrogens (tertiary/aromatic N) is 2. The molecule has 1 rings (SSSR count). The van der Waals surface area contributed by atoms with E-state index >= 15 is 0 Å². The van der Waals surface area contributed by atoms with Crippen LogP contribution >= 0.6 is 0 Å². The maximum Gasteiger partial charge on any atom is 0.236 e. The zero-order valence-corrected chi connectivity index (χ0v) is 8.74. The Balaban J connectivity index is 2.87. The van der Waals surface area contributed by atoms with Gasteiger partial charge in [-0.05, 0) is 26.3 Å². The van der Waals surface area contributed by atoms with Gasteiger partial charge in [0.05, 0.1) is 12.2 Å². The molecule has 1 atom stereocenters. The minimum Gasteiger partial charge on any atom is -0.368 e. The number of carbonyl (C=O) groups is 1. The lowest BCUT2D eigenvalue weighted by Crippen LogP contribution is -2.40. The Hall–Kier alpha value is -1.36. The standard InChI is InChI=1S/C9H16N4O/c1-5-6(2)12-13(7(5)3)4-8(10)9(11)14/h8H,4,10H2,1-3H3,(H2,11,14). The second kappa shape index (κ2) is 3.79. The van der Waals surface area contributed by atoms with Crippen molar-refractivity contribution < 1.29 is 4.79 Å². The first-order valence-electron chi connectivity index (χ1n) is 4.49. The fourth-order valence-electron chi connectivity index (χ4n) is 1.24. The first kappa shape index (κ1) is 10.7. The minimum absolute atomic E-state index is 0.343. The Morgan fingerprint density at radius 2 is 2.07 bits per heavy atom. The fourth-order valence-corrected chi connectivity index (χ4v) is 1.24. The number of hydrogen-bond donors (Lipinski definition) is 2. The van der Waals surface area contributed by atoms with Gasteiger partial charge in [-0.3, -0.25) is 9.48 Å². The Bertz CT molecular complexity index is 356. The molecule has 1 aromatic heterocycles. The number of primary amides is 1. The number of aromatic nitrogens is 2. The summed E-state index contributed by atoms with van der Waals surface area (Å²) in [6.45, 7) is 6.21. The van der Waals surface area contributed by atoms with Gasteiger partial charge in [-0.25, -0.2) is 0 Å². The zero-order valence-electron chi connectivity index (χ0n) is 8.74. The summed E-state index contributed by atoms with van der Waals surface area (Å²) in [5.74, 6) is -0.504. The van der Waals surface area contributed by atoms with Crippen LogP contribution in [0.5, 0.6) is 0 Å². The van der Waals surface area contributed by atoms with Gasteiger partial charge in [-0.15, -0.1) is 0 Å². The van der Waals surface area contributed by atoms with E-state index in [1.807, 2.05) is 20.8 Å². The van der Waals surface area contributed by atoms with Crippen LogP contribution in [0.4, 0.5) is 0 Å². The van der Waals surface area contributed by atoms with Crippen LogP contribution in [0.1, 0.15) is 17.0 Å². The molecule has 0 spiro atoms. The molecule has 14 heavy (non-hydrogen) atoms. The summed E-state index contributed by atoms with van der Waals surface area (Å²) in [7, 11) is 0. The molecule has 1 aromatic rings. The van der Waals surface area contributed by atoms with Crippen molar-refractivity contribution in [2.24, 2.45) is 11.5 Å². The molecule has 0 bridgehead atoms. The van der Waals surface area contributed by atoms with Crippen LogP contribution in [0.15, 0.2) is 0 Å². The molecule has 0 aliphatic heterocycles. The molecule has 0 aliphatic rings. The molecule has 0 aliphatic carbocycles. The summed E-state index contributed by atoms with van der Waals surface area (Å²) in [5.41, 5.74) is 13.7. The molecule has 5 nitrogen and oxygen atoms in total. The van der Waals surface area contributed by atoms with Crippen molar-refractivity contribution in [2.75, 3.05) is 0 Å².